The monoisotopic (exact) mass is 344 g/mol. The summed E-state index contributed by atoms with van der Waals surface area (Å²) in [6, 6.07) is 12.3. The maximum absolute atomic E-state index is 6.49. The minimum atomic E-state index is -0.368. The van der Waals surface area contributed by atoms with E-state index >= 15 is 0 Å². The summed E-state index contributed by atoms with van der Waals surface area (Å²) >= 11 is 8.24. The fourth-order valence-corrected chi connectivity index (χ4v) is 4.53. The summed E-state index contributed by atoms with van der Waals surface area (Å²) in [5.74, 6) is 0. The van der Waals surface area contributed by atoms with Gasteiger partial charge in [-0.3, -0.25) is 0 Å². The van der Waals surface area contributed by atoms with Crippen molar-refractivity contribution in [2.24, 2.45) is 0 Å². The zero-order chi connectivity index (χ0) is 16.4. The van der Waals surface area contributed by atoms with Crippen LogP contribution >= 0.6 is 22.9 Å². The van der Waals surface area contributed by atoms with Gasteiger partial charge >= 0.3 is 7.12 Å². The van der Waals surface area contributed by atoms with Gasteiger partial charge in [-0.1, -0.05) is 35.9 Å². The van der Waals surface area contributed by atoms with E-state index in [9.17, 15) is 0 Å². The summed E-state index contributed by atoms with van der Waals surface area (Å²) in [6.45, 7) is 8.30. The number of hydrogen-bond acceptors (Lipinski definition) is 3. The van der Waals surface area contributed by atoms with E-state index in [1.54, 1.807) is 11.3 Å². The molecular formula is C18H18BClO2S. The predicted octanol–water partition coefficient (Wildman–Crippen LogP) is 5.01. The maximum Gasteiger partial charge on any atom is 0.496 e. The molecule has 2 aromatic carbocycles. The highest BCUT2D eigenvalue weighted by molar-refractivity contribution is 7.27. The molecule has 0 amide bonds. The average molecular weight is 345 g/mol. The molecular weight excluding hydrogens is 327 g/mol. The van der Waals surface area contributed by atoms with Crippen molar-refractivity contribution in [1.29, 1.82) is 0 Å². The van der Waals surface area contributed by atoms with E-state index in [-0.39, 0.29) is 18.3 Å². The molecule has 1 aliphatic heterocycles. The first-order chi connectivity index (χ1) is 10.8. The van der Waals surface area contributed by atoms with E-state index in [0.717, 1.165) is 20.6 Å². The molecule has 0 aliphatic carbocycles. The molecule has 1 fully saturated rings. The largest absolute Gasteiger partial charge is 0.496 e. The van der Waals surface area contributed by atoms with Crippen molar-refractivity contribution in [3.05, 3.63) is 41.4 Å². The lowest BCUT2D eigenvalue weighted by Gasteiger charge is -2.32. The van der Waals surface area contributed by atoms with Crippen LogP contribution in [0.3, 0.4) is 0 Å². The minimum absolute atomic E-state index is 0.347. The molecule has 0 spiro atoms. The van der Waals surface area contributed by atoms with Crippen LogP contribution in [0.15, 0.2) is 36.4 Å². The van der Waals surface area contributed by atoms with Gasteiger partial charge in [0.2, 0.25) is 0 Å². The van der Waals surface area contributed by atoms with Crippen molar-refractivity contribution < 1.29 is 9.31 Å². The molecule has 0 radical (unpaired) electrons. The average Bonchev–Trinajstić information content (AvgIpc) is 2.95. The predicted molar refractivity (Wildman–Crippen MR) is 100 cm³/mol. The highest BCUT2D eigenvalue weighted by Crippen LogP contribution is 2.40. The smallest absolute Gasteiger partial charge is 0.399 e. The molecule has 1 aromatic heterocycles. The highest BCUT2D eigenvalue weighted by Gasteiger charge is 2.52. The highest BCUT2D eigenvalue weighted by atomic mass is 35.5. The van der Waals surface area contributed by atoms with E-state index in [1.807, 2.05) is 18.2 Å². The number of thiophene rings is 1. The van der Waals surface area contributed by atoms with Gasteiger partial charge in [0.05, 0.1) is 11.2 Å². The molecule has 0 N–H and O–H groups in total. The molecule has 1 aliphatic rings. The lowest BCUT2D eigenvalue weighted by Crippen LogP contribution is -2.41. The van der Waals surface area contributed by atoms with Gasteiger partial charge in [-0.25, -0.2) is 0 Å². The van der Waals surface area contributed by atoms with Crippen molar-refractivity contribution >= 4 is 55.7 Å². The van der Waals surface area contributed by atoms with Gasteiger partial charge in [0.25, 0.3) is 0 Å². The Morgan fingerprint density at radius 2 is 1.61 bits per heavy atom. The molecule has 0 unspecified atom stereocenters. The van der Waals surface area contributed by atoms with Crippen LogP contribution < -0.4 is 5.46 Å². The summed E-state index contributed by atoms with van der Waals surface area (Å²) in [4.78, 5) is 0. The van der Waals surface area contributed by atoms with Crippen LogP contribution in [0.4, 0.5) is 0 Å². The van der Waals surface area contributed by atoms with Crippen LogP contribution in [0.25, 0.3) is 20.2 Å². The van der Waals surface area contributed by atoms with Gasteiger partial charge in [-0.15, -0.1) is 11.3 Å². The van der Waals surface area contributed by atoms with Crippen molar-refractivity contribution in [2.45, 2.75) is 38.9 Å². The van der Waals surface area contributed by atoms with Crippen molar-refractivity contribution in [3.63, 3.8) is 0 Å². The normalized spacial score (nSPS) is 19.8. The lowest BCUT2D eigenvalue weighted by molar-refractivity contribution is 0.00578. The van der Waals surface area contributed by atoms with Gasteiger partial charge in [0.15, 0.2) is 0 Å². The molecule has 2 nitrogen and oxygen atoms in total. The van der Waals surface area contributed by atoms with E-state index in [0.29, 0.717) is 0 Å². The van der Waals surface area contributed by atoms with Crippen LogP contribution in [-0.4, -0.2) is 18.3 Å². The third-order valence-electron chi connectivity index (χ3n) is 5.01. The number of rotatable bonds is 1. The molecule has 0 bridgehead atoms. The molecule has 4 rings (SSSR count). The lowest BCUT2D eigenvalue weighted by atomic mass is 9.78. The van der Waals surface area contributed by atoms with Crippen LogP contribution in [0.5, 0.6) is 0 Å². The molecule has 2 heterocycles. The second kappa shape index (κ2) is 4.96. The fraction of sp³-hybridized carbons (Fsp3) is 0.333. The van der Waals surface area contributed by atoms with E-state index < -0.39 is 0 Å². The Kier molecular flexibility index (Phi) is 3.34. The van der Waals surface area contributed by atoms with Gasteiger partial charge in [-0.05, 0) is 39.8 Å². The molecule has 0 saturated carbocycles. The van der Waals surface area contributed by atoms with Crippen LogP contribution in [-0.2, 0) is 9.31 Å². The Bertz CT molecular complexity index is 900. The molecule has 0 atom stereocenters. The second-order valence-corrected chi connectivity index (χ2v) is 8.49. The zero-order valence-corrected chi connectivity index (χ0v) is 15.2. The molecule has 1 saturated heterocycles. The number of hydrogen-bond donors (Lipinski definition) is 0. The van der Waals surface area contributed by atoms with Gasteiger partial charge in [-0.2, -0.15) is 0 Å². The Hall–Kier alpha value is -1.07. The molecule has 5 heteroatoms. The topological polar surface area (TPSA) is 18.5 Å². The Labute approximate surface area is 145 Å². The van der Waals surface area contributed by atoms with E-state index in [1.165, 1.54) is 10.1 Å². The zero-order valence-electron chi connectivity index (χ0n) is 13.6. The van der Waals surface area contributed by atoms with Crippen LogP contribution in [0, 0.1) is 0 Å². The first-order valence-electron chi connectivity index (χ1n) is 7.75. The van der Waals surface area contributed by atoms with E-state index in [4.69, 9.17) is 20.9 Å². The quantitative estimate of drug-likeness (QED) is 0.578. The summed E-state index contributed by atoms with van der Waals surface area (Å²) in [5, 5.41) is 3.06. The first-order valence-corrected chi connectivity index (χ1v) is 8.95. The molecule has 23 heavy (non-hydrogen) atoms. The Balaban J connectivity index is 1.94. The molecule has 118 valence electrons. The van der Waals surface area contributed by atoms with Crippen molar-refractivity contribution in [2.75, 3.05) is 0 Å². The summed E-state index contributed by atoms with van der Waals surface area (Å²) in [5.41, 5.74) is 0.366. The third kappa shape index (κ3) is 2.24. The van der Waals surface area contributed by atoms with Crippen molar-refractivity contribution in [1.82, 2.24) is 0 Å². The standard InChI is InChI=1S/C18H18BClO2S/c1-17(2)18(3,4)22-19(21-17)12-9-10-13(20)15-11-7-5-6-8-14(11)23-16(12)15/h5-10H,1-4H3. The van der Waals surface area contributed by atoms with Crippen LogP contribution in [0.1, 0.15) is 27.7 Å². The third-order valence-corrected chi connectivity index (χ3v) is 6.55. The number of benzene rings is 2. The van der Waals surface area contributed by atoms with E-state index in [2.05, 4.69) is 45.9 Å². The maximum atomic E-state index is 6.49. The first kappa shape index (κ1) is 15.5. The van der Waals surface area contributed by atoms with Crippen molar-refractivity contribution in [3.8, 4) is 0 Å². The van der Waals surface area contributed by atoms with Gasteiger partial charge < -0.3 is 9.31 Å². The Morgan fingerprint density at radius 1 is 0.957 bits per heavy atom. The fourth-order valence-electron chi connectivity index (χ4n) is 2.96. The molecule has 3 aromatic rings. The number of halogens is 1. The summed E-state index contributed by atoms with van der Waals surface area (Å²) in [7, 11) is -0.368. The van der Waals surface area contributed by atoms with Crippen LogP contribution in [0.2, 0.25) is 5.02 Å². The number of fused-ring (bicyclic) bond motifs is 3. The SMILES string of the molecule is CC1(C)OB(c2ccc(Cl)c3c2sc2ccccc23)OC1(C)C. The van der Waals surface area contributed by atoms with Gasteiger partial charge in [0, 0.05) is 30.7 Å². The minimum Gasteiger partial charge on any atom is -0.399 e. The summed E-state index contributed by atoms with van der Waals surface area (Å²) in [6.07, 6.45) is 0. The Morgan fingerprint density at radius 3 is 2.30 bits per heavy atom. The second-order valence-electron chi connectivity index (χ2n) is 7.03. The van der Waals surface area contributed by atoms with Gasteiger partial charge in [0.1, 0.15) is 0 Å². The summed E-state index contributed by atoms with van der Waals surface area (Å²) < 4.78 is 14.9.